The zero-order valence-electron chi connectivity index (χ0n) is 7.98. The zero-order valence-corrected chi connectivity index (χ0v) is 7.98. The van der Waals surface area contributed by atoms with Crippen molar-refractivity contribution in [2.45, 2.75) is 11.9 Å². The number of hydrogen-bond acceptors (Lipinski definition) is 4. The van der Waals surface area contributed by atoms with Gasteiger partial charge in [0.1, 0.15) is 11.9 Å². The summed E-state index contributed by atoms with van der Waals surface area (Å²) >= 11 is 0. The Balaban J connectivity index is 2.85. The minimum absolute atomic E-state index is 0.544. The second-order valence-corrected chi connectivity index (χ2v) is 2.72. The Morgan fingerprint density at radius 2 is 2.08 bits per heavy atom. The van der Waals surface area contributed by atoms with Crippen LogP contribution in [0.25, 0.3) is 0 Å². The van der Waals surface area contributed by atoms with Crippen LogP contribution in [0.5, 0.6) is 0 Å². The number of allylic oxidation sites excluding steroid dienone is 1. The lowest BCUT2D eigenvalue weighted by Gasteiger charge is -2.31. The first-order valence-electron chi connectivity index (χ1n) is 3.91. The number of methoxy groups -OCH3 is 3. The van der Waals surface area contributed by atoms with Gasteiger partial charge in [0.25, 0.3) is 0 Å². The van der Waals surface area contributed by atoms with Gasteiger partial charge >= 0.3 is 0 Å². The molecule has 0 aromatic carbocycles. The van der Waals surface area contributed by atoms with Gasteiger partial charge < -0.3 is 19.3 Å². The Morgan fingerprint density at radius 3 is 2.54 bits per heavy atom. The molecule has 74 valence electrons. The maximum Gasteiger partial charge on any atom is 0.216 e. The minimum Gasteiger partial charge on any atom is -0.497 e. The Hall–Kier alpha value is -0.840. The molecule has 0 amide bonds. The van der Waals surface area contributed by atoms with E-state index < -0.39 is 11.9 Å². The fourth-order valence-electron chi connectivity index (χ4n) is 1.18. The van der Waals surface area contributed by atoms with Gasteiger partial charge in [0.05, 0.1) is 7.11 Å². The molecule has 1 rings (SSSR count). The van der Waals surface area contributed by atoms with Crippen LogP contribution >= 0.6 is 0 Å². The molecule has 0 fully saturated rings. The van der Waals surface area contributed by atoms with E-state index >= 15 is 0 Å². The van der Waals surface area contributed by atoms with Gasteiger partial charge in [-0.3, -0.25) is 0 Å². The lowest BCUT2D eigenvalue weighted by molar-refractivity contribution is -0.203. The van der Waals surface area contributed by atoms with Gasteiger partial charge in [-0.25, -0.2) is 0 Å². The highest BCUT2D eigenvalue weighted by molar-refractivity contribution is 5.25. The summed E-state index contributed by atoms with van der Waals surface area (Å²) in [6, 6.07) is 0. The van der Waals surface area contributed by atoms with Crippen molar-refractivity contribution in [1.29, 1.82) is 0 Å². The van der Waals surface area contributed by atoms with Crippen molar-refractivity contribution in [3.8, 4) is 0 Å². The standard InChI is InChI=1S/C9H14O4/c1-11-7-4-5-9(10,13-3)8(6-7)12-2/h4-6,8,10H,1-3H3. The van der Waals surface area contributed by atoms with Gasteiger partial charge in [0.15, 0.2) is 0 Å². The topological polar surface area (TPSA) is 47.9 Å². The molecule has 2 unspecified atom stereocenters. The number of rotatable bonds is 3. The molecule has 0 saturated carbocycles. The smallest absolute Gasteiger partial charge is 0.216 e. The molecule has 1 aliphatic carbocycles. The van der Waals surface area contributed by atoms with Crippen LogP contribution in [0, 0.1) is 0 Å². The van der Waals surface area contributed by atoms with Crippen LogP contribution in [0.2, 0.25) is 0 Å². The molecule has 0 radical (unpaired) electrons. The number of hydrogen-bond donors (Lipinski definition) is 1. The van der Waals surface area contributed by atoms with Crippen molar-refractivity contribution >= 4 is 0 Å². The summed E-state index contributed by atoms with van der Waals surface area (Å²) in [7, 11) is 4.47. The van der Waals surface area contributed by atoms with Gasteiger partial charge in [-0.2, -0.15) is 0 Å². The van der Waals surface area contributed by atoms with E-state index in [4.69, 9.17) is 14.2 Å². The summed E-state index contributed by atoms with van der Waals surface area (Å²) in [6.45, 7) is 0. The van der Waals surface area contributed by atoms with Crippen LogP contribution in [0.4, 0.5) is 0 Å². The van der Waals surface area contributed by atoms with Crippen molar-refractivity contribution in [3.63, 3.8) is 0 Å². The molecule has 1 aliphatic rings. The molecule has 0 aliphatic heterocycles. The van der Waals surface area contributed by atoms with Crippen LogP contribution in [0.3, 0.4) is 0 Å². The van der Waals surface area contributed by atoms with E-state index in [1.807, 2.05) is 0 Å². The van der Waals surface area contributed by atoms with Crippen LogP contribution in [-0.2, 0) is 14.2 Å². The fourth-order valence-corrected chi connectivity index (χ4v) is 1.18. The SMILES string of the molecule is COC1=CC(OC)C(O)(OC)C=C1. The quantitative estimate of drug-likeness (QED) is 0.649. The second kappa shape index (κ2) is 3.91. The Morgan fingerprint density at radius 1 is 1.38 bits per heavy atom. The lowest BCUT2D eigenvalue weighted by Crippen LogP contribution is -2.43. The number of ether oxygens (including phenoxy) is 3. The number of aliphatic hydroxyl groups is 1. The van der Waals surface area contributed by atoms with Crippen molar-refractivity contribution in [3.05, 3.63) is 24.0 Å². The summed E-state index contributed by atoms with van der Waals surface area (Å²) in [4.78, 5) is 0. The summed E-state index contributed by atoms with van der Waals surface area (Å²) in [6.07, 6.45) is 4.25. The van der Waals surface area contributed by atoms with Crippen LogP contribution < -0.4 is 0 Å². The molecule has 4 nitrogen and oxygen atoms in total. The summed E-state index contributed by atoms with van der Waals surface area (Å²) in [5.74, 6) is -0.745. The molecule has 0 spiro atoms. The highest BCUT2D eigenvalue weighted by Gasteiger charge is 2.36. The van der Waals surface area contributed by atoms with Crippen molar-refractivity contribution in [2.75, 3.05) is 21.3 Å². The van der Waals surface area contributed by atoms with E-state index in [1.165, 1.54) is 20.3 Å². The Kier molecular flexibility index (Phi) is 3.08. The third-order valence-corrected chi connectivity index (χ3v) is 2.03. The normalized spacial score (nSPS) is 32.9. The van der Waals surface area contributed by atoms with Crippen molar-refractivity contribution in [1.82, 2.24) is 0 Å². The van der Waals surface area contributed by atoms with Crippen molar-refractivity contribution < 1.29 is 19.3 Å². The first kappa shape index (κ1) is 10.2. The molecular weight excluding hydrogens is 172 g/mol. The van der Waals surface area contributed by atoms with E-state index in [0.717, 1.165) is 0 Å². The van der Waals surface area contributed by atoms with E-state index in [2.05, 4.69) is 0 Å². The first-order chi connectivity index (χ1) is 6.16. The molecule has 0 saturated heterocycles. The molecule has 13 heavy (non-hydrogen) atoms. The molecule has 2 atom stereocenters. The average Bonchev–Trinajstić information content (AvgIpc) is 2.18. The van der Waals surface area contributed by atoms with E-state index in [1.54, 1.807) is 19.3 Å². The van der Waals surface area contributed by atoms with Crippen molar-refractivity contribution in [2.24, 2.45) is 0 Å². The summed E-state index contributed by atoms with van der Waals surface area (Å²) < 4.78 is 15.0. The van der Waals surface area contributed by atoms with Gasteiger partial charge in [0.2, 0.25) is 5.79 Å². The third-order valence-electron chi connectivity index (χ3n) is 2.03. The highest BCUT2D eigenvalue weighted by atomic mass is 16.6. The van der Waals surface area contributed by atoms with Gasteiger partial charge in [-0.1, -0.05) is 0 Å². The predicted molar refractivity (Wildman–Crippen MR) is 47.0 cm³/mol. The highest BCUT2D eigenvalue weighted by Crippen LogP contribution is 2.24. The maximum atomic E-state index is 9.82. The van der Waals surface area contributed by atoms with Gasteiger partial charge in [0, 0.05) is 14.2 Å². The van der Waals surface area contributed by atoms with E-state index in [-0.39, 0.29) is 0 Å². The Labute approximate surface area is 77.4 Å². The van der Waals surface area contributed by atoms with E-state index in [9.17, 15) is 5.11 Å². The molecule has 0 bridgehead atoms. The van der Waals surface area contributed by atoms with Crippen LogP contribution in [-0.4, -0.2) is 38.3 Å². The minimum atomic E-state index is -1.39. The summed E-state index contributed by atoms with van der Waals surface area (Å²) in [5, 5.41) is 9.82. The second-order valence-electron chi connectivity index (χ2n) is 2.72. The third kappa shape index (κ3) is 1.91. The fraction of sp³-hybridized carbons (Fsp3) is 0.556. The maximum absolute atomic E-state index is 9.82. The molecule has 0 aromatic rings. The van der Waals surface area contributed by atoms with Crippen LogP contribution in [0.1, 0.15) is 0 Å². The molecule has 4 heteroatoms. The largest absolute Gasteiger partial charge is 0.497 e. The molecule has 0 aromatic heterocycles. The molecule has 0 heterocycles. The monoisotopic (exact) mass is 186 g/mol. The zero-order chi connectivity index (χ0) is 9.90. The summed E-state index contributed by atoms with van der Waals surface area (Å²) in [5.41, 5.74) is 0. The van der Waals surface area contributed by atoms with Crippen LogP contribution in [0.15, 0.2) is 24.0 Å². The first-order valence-corrected chi connectivity index (χ1v) is 3.91. The Bertz CT molecular complexity index is 234. The molecular formula is C9H14O4. The van der Waals surface area contributed by atoms with Gasteiger partial charge in [-0.15, -0.1) is 0 Å². The van der Waals surface area contributed by atoms with Gasteiger partial charge in [-0.05, 0) is 18.2 Å². The average molecular weight is 186 g/mol. The lowest BCUT2D eigenvalue weighted by atomic mass is 10.0. The molecule has 1 N–H and O–H groups in total. The van der Waals surface area contributed by atoms with E-state index in [0.29, 0.717) is 5.76 Å². The predicted octanol–water partition coefficient (Wildman–Crippen LogP) is 0.437.